The predicted octanol–water partition coefficient (Wildman–Crippen LogP) is 2.55. The molecule has 0 bridgehead atoms. The van der Waals surface area contributed by atoms with Crippen LogP contribution in [0.2, 0.25) is 0 Å². The second-order valence-electron chi connectivity index (χ2n) is 9.91. The molecular weight excluding hydrogens is 517 g/mol. The molecule has 12 nitrogen and oxygen atoms in total. The zero-order chi connectivity index (χ0) is 28.6. The first-order chi connectivity index (χ1) is 19.2. The molecule has 0 unspecified atom stereocenters. The lowest BCUT2D eigenvalue weighted by Crippen LogP contribution is -2.45. The second kappa shape index (κ2) is 10.9. The van der Waals surface area contributed by atoms with Crippen molar-refractivity contribution < 1.29 is 9.13 Å². The molecule has 0 saturated carbocycles. The van der Waals surface area contributed by atoms with Crippen LogP contribution in [0.5, 0.6) is 5.75 Å². The minimum atomic E-state index is -0.429. The van der Waals surface area contributed by atoms with Crippen LogP contribution in [0.25, 0.3) is 16.9 Å². The Kier molecular flexibility index (Phi) is 7.39. The summed E-state index contributed by atoms with van der Waals surface area (Å²) < 4.78 is 25.2. The SMILES string of the molecule is C=CCn1c(=O)c2cnc(Nc3cc(F)c(N4CCN(C)CC4)c(OC)c3)nc2n1-c1ccc(=O)n(C(C)C)n1. The van der Waals surface area contributed by atoms with Gasteiger partial charge in [-0.25, -0.2) is 23.4 Å². The van der Waals surface area contributed by atoms with Crippen molar-refractivity contribution in [1.82, 2.24) is 34.0 Å². The molecule has 13 heteroatoms. The van der Waals surface area contributed by atoms with Gasteiger partial charge in [-0.05, 0) is 33.0 Å². The lowest BCUT2D eigenvalue weighted by Gasteiger charge is -2.35. The van der Waals surface area contributed by atoms with E-state index in [0.717, 1.165) is 13.1 Å². The van der Waals surface area contributed by atoms with Crippen molar-refractivity contribution in [1.29, 1.82) is 0 Å². The van der Waals surface area contributed by atoms with Gasteiger partial charge in [0.2, 0.25) is 5.95 Å². The molecule has 3 aromatic heterocycles. The molecule has 5 rings (SSSR count). The molecule has 1 aliphatic rings. The van der Waals surface area contributed by atoms with Crippen LogP contribution in [0, 0.1) is 5.82 Å². The standard InChI is InChI=1S/C27H32FN9O3/c1-6-9-35-26(39)19-16-29-27(31-25(19)37(35)22-7-8-23(38)36(32-22)17(2)3)30-18-14-20(28)24(21(15-18)40-5)34-12-10-33(4)11-13-34/h6-8,14-17H,1,9-13H2,2-5H3,(H,29,30,31). The number of aromatic nitrogens is 6. The summed E-state index contributed by atoms with van der Waals surface area (Å²) in [5.41, 5.74) is 0.472. The number of ether oxygens (including phenoxy) is 1. The van der Waals surface area contributed by atoms with Gasteiger partial charge in [0.05, 0.1) is 19.7 Å². The van der Waals surface area contributed by atoms with Crippen molar-refractivity contribution in [3.63, 3.8) is 0 Å². The number of piperazine rings is 1. The van der Waals surface area contributed by atoms with Crippen molar-refractivity contribution in [2.75, 3.05) is 50.6 Å². The highest BCUT2D eigenvalue weighted by atomic mass is 19.1. The van der Waals surface area contributed by atoms with Gasteiger partial charge in [0, 0.05) is 50.2 Å². The van der Waals surface area contributed by atoms with Gasteiger partial charge in [-0.15, -0.1) is 11.7 Å². The number of hydrogen-bond acceptors (Lipinski definition) is 9. The van der Waals surface area contributed by atoms with E-state index in [2.05, 4.69) is 31.9 Å². The number of rotatable bonds is 8. The Morgan fingerprint density at radius 3 is 2.60 bits per heavy atom. The molecule has 210 valence electrons. The van der Waals surface area contributed by atoms with Gasteiger partial charge < -0.3 is 19.9 Å². The first-order valence-electron chi connectivity index (χ1n) is 13.0. The van der Waals surface area contributed by atoms with Crippen molar-refractivity contribution in [2.24, 2.45) is 0 Å². The number of nitrogens with zero attached hydrogens (tertiary/aromatic N) is 8. The monoisotopic (exact) mass is 549 g/mol. The summed E-state index contributed by atoms with van der Waals surface area (Å²) in [6.45, 7) is 10.6. The number of fused-ring (bicyclic) bond motifs is 1. The smallest absolute Gasteiger partial charge is 0.278 e. The van der Waals surface area contributed by atoms with E-state index in [-0.39, 0.29) is 40.7 Å². The summed E-state index contributed by atoms with van der Waals surface area (Å²) in [6.07, 6.45) is 2.99. The fourth-order valence-corrected chi connectivity index (χ4v) is 4.77. The molecule has 0 amide bonds. The van der Waals surface area contributed by atoms with Crippen LogP contribution in [-0.2, 0) is 6.54 Å². The molecule has 1 fully saturated rings. The topological polar surface area (TPSA) is 115 Å². The number of hydrogen-bond donors (Lipinski definition) is 1. The largest absolute Gasteiger partial charge is 0.494 e. The van der Waals surface area contributed by atoms with Crippen LogP contribution < -0.4 is 26.1 Å². The number of allylic oxidation sites excluding steroid dienone is 1. The molecule has 1 aliphatic heterocycles. The van der Waals surface area contributed by atoms with Crippen molar-refractivity contribution in [3.05, 3.63) is 69.6 Å². The number of nitrogens with one attached hydrogen (secondary N) is 1. The third-order valence-electron chi connectivity index (χ3n) is 6.82. The Bertz CT molecular complexity index is 1680. The minimum Gasteiger partial charge on any atom is -0.494 e. The number of halogens is 1. The Morgan fingerprint density at radius 1 is 1.18 bits per heavy atom. The average molecular weight is 550 g/mol. The summed E-state index contributed by atoms with van der Waals surface area (Å²) in [4.78, 5) is 38.6. The van der Waals surface area contributed by atoms with Crippen molar-refractivity contribution >= 4 is 28.4 Å². The molecule has 0 spiro atoms. The molecule has 40 heavy (non-hydrogen) atoms. The van der Waals surface area contributed by atoms with E-state index < -0.39 is 5.82 Å². The Hall–Kier alpha value is -4.52. The summed E-state index contributed by atoms with van der Waals surface area (Å²) in [7, 11) is 3.54. The zero-order valence-corrected chi connectivity index (χ0v) is 23.0. The van der Waals surface area contributed by atoms with E-state index >= 15 is 4.39 Å². The number of benzene rings is 1. The predicted molar refractivity (Wildman–Crippen MR) is 152 cm³/mol. The van der Waals surface area contributed by atoms with E-state index in [1.165, 1.54) is 45.6 Å². The van der Waals surface area contributed by atoms with E-state index in [9.17, 15) is 9.59 Å². The quantitative estimate of drug-likeness (QED) is 0.331. The minimum absolute atomic E-state index is 0.142. The Balaban J connectivity index is 1.57. The second-order valence-corrected chi connectivity index (χ2v) is 9.91. The zero-order valence-electron chi connectivity index (χ0n) is 23.0. The molecular formula is C27H32FN9O3. The molecule has 0 radical (unpaired) electrons. The maximum atomic E-state index is 15.4. The highest BCUT2D eigenvalue weighted by Gasteiger charge is 2.23. The summed E-state index contributed by atoms with van der Waals surface area (Å²) in [5, 5.41) is 7.77. The number of anilines is 3. The van der Waals surface area contributed by atoms with Gasteiger partial charge in [-0.1, -0.05) is 6.08 Å². The normalized spacial score (nSPS) is 14.2. The van der Waals surface area contributed by atoms with Gasteiger partial charge in [-0.3, -0.25) is 9.59 Å². The van der Waals surface area contributed by atoms with Crippen molar-refractivity contribution in [3.8, 4) is 11.6 Å². The lowest BCUT2D eigenvalue weighted by molar-refractivity contribution is 0.309. The highest BCUT2D eigenvalue weighted by Crippen LogP contribution is 2.35. The number of methoxy groups -OCH3 is 1. The summed E-state index contributed by atoms with van der Waals surface area (Å²) >= 11 is 0. The van der Waals surface area contributed by atoms with E-state index in [1.54, 1.807) is 12.1 Å². The van der Waals surface area contributed by atoms with Crippen molar-refractivity contribution in [2.45, 2.75) is 26.4 Å². The Morgan fingerprint density at radius 2 is 1.93 bits per heavy atom. The molecule has 4 aromatic rings. The van der Waals surface area contributed by atoms with Crippen LogP contribution in [0.15, 0.2) is 52.7 Å². The third-order valence-corrected chi connectivity index (χ3v) is 6.82. The highest BCUT2D eigenvalue weighted by molar-refractivity contribution is 5.77. The fraction of sp³-hybridized carbons (Fsp3) is 0.370. The summed E-state index contributed by atoms with van der Waals surface area (Å²) in [5.74, 6) is 0.433. The van der Waals surface area contributed by atoms with Gasteiger partial charge in [0.25, 0.3) is 11.1 Å². The molecule has 1 saturated heterocycles. The fourth-order valence-electron chi connectivity index (χ4n) is 4.77. The van der Waals surface area contributed by atoms with Gasteiger partial charge in [0.15, 0.2) is 17.3 Å². The van der Waals surface area contributed by atoms with E-state index in [1.807, 2.05) is 25.8 Å². The van der Waals surface area contributed by atoms with E-state index in [4.69, 9.17) is 4.74 Å². The van der Waals surface area contributed by atoms with Crippen LogP contribution in [0.4, 0.5) is 21.7 Å². The first kappa shape index (κ1) is 27.1. The third kappa shape index (κ3) is 4.95. The van der Waals surface area contributed by atoms with Crippen LogP contribution in [0.1, 0.15) is 19.9 Å². The van der Waals surface area contributed by atoms with E-state index in [0.29, 0.717) is 36.0 Å². The van der Waals surface area contributed by atoms with Crippen LogP contribution in [0.3, 0.4) is 0 Å². The maximum absolute atomic E-state index is 15.4. The molecule has 1 aromatic carbocycles. The molecule has 4 heterocycles. The van der Waals surface area contributed by atoms with Crippen LogP contribution >= 0.6 is 0 Å². The Labute approximate surface area is 229 Å². The molecule has 0 atom stereocenters. The maximum Gasteiger partial charge on any atom is 0.278 e. The first-order valence-corrected chi connectivity index (χ1v) is 13.0. The van der Waals surface area contributed by atoms with Gasteiger partial charge >= 0.3 is 0 Å². The van der Waals surface area contributed by atoms with Crippen LogP contribution in [-0.4, -0.2) is 74.3 Å². The summed E-state index contributed by atoms with van der Waals surface area (Å²) in [6, 6.07) is 5.81. The molecule has 1 N–H and O–H groups in total. The lowest BCUT2D eigenvalue weighted by atomic mass is 10.2. The molecule has 0 aliphatic carbocycles. The van der Waals surface area contributed by atoms with Gasteiger partial charge in [-0.2, -0.15) is 4.98 Å². The average Bonchev–Trinajstić information content (AvgIpc) is 3.20. The van der Waals surface area contributed by atoms with Gasteiger partial charge in [0.1, 0.15) is 16.8 Å². The number of likely N-dealkylation sites (N-methyl/N-ethyl adjacent to an activating group) is 1.